The van der Waals surface area contributed by atoms with E-state index in [1.165, 1.54) is 0 Å². The predicted octanol–water partition coefficient (Wildman–Crippen LogP) is 1.90. The van der Waals surface area contributed by atoms with Crippen LogP contribution in [0, 0.1) is 6.92 Å². The molecule has 0 bridgehead atoms. The SMILES string of the molecule is Cc1nc2c(c(N(C)Cc3ccc4c(c3)OCO4)n1)NC(=O)C(C)N2. The number of rotatable bonds is 3. The first kappa shape index (κ1) is 15.5. The number of aryl methyl sites for hydroxylation is 1. The maximum absolute atomic E-state index is 12.0. The molecule has 0 radical (unpaired) electrons. The van der Waals surface area contributed by atoms with Crippen molar-refractivity contribution in [3.8, 4) is 11.5 Å². The number of aromatic nitrogens is 2. The van der Waals surface area contributed by atoms with Gasteiger partial charge < -0.3 is 25.0 Å². The third kappa shape index (κ3) is 2.79. The van der Waals surface area contributed by atoms with E-state index in [2.05, 4.69) is 20.6 Å². The van der Waals surface area contributed by atoms with Crippen molar-refractivity contribution in [1.82, 2.24) is 9.97 Å². The maximum Gasteiger partial charge on any atom is 0.246 e. The van der Waals surface area contributed by atoms with Gasteiger partial charge in [0.25, 0.3) is 0 Å². The molecule has 0 aliphatic carbocycles. The van der Waals surface area contributed by atoms with E-state index in [4.69, 9.17) is 9.47 Å². The fourth-order valence-electron chi connectivity index (χ4n) is 2.94. The molecule has 2 aliphatic heterocycles. The number of carbonyl (C=O) groups excluding carboxylic acids is 1. The molecule has 0 saturated heterocycles. The van der Waals surface area contributed by atoms with Crippen LogP contribution in [0.5, 0.6) is 11.5 Å². The van der Waals surface area contributed by atoms with Crippen molar-refractivity contribution in [3.63, 3.8) is 0 Å². The first-order valence-electron chi connectivity index (χ1n) is 8.07. The molecule has 4 rings (SSSR count). The van der Waals surface area contributed by atoms with Crippen LogP contribution in [0.1, 0.15) is 18.3 Å². The molecule has 0 fully saturated rings. The second kappa shape index (κ2) is 5.80. The Morgan fingerprint density at radius 2 is 2.08 bits per heavy atom. The highest BCUT2D eigenvalue weighted by Gasteiger charge is 2.27. The minimum atomic E-state index is -0.325. The first-order valence-corrected chi connectivity index (χ1v) is 8.07. The average Bonchev–Trinajstić information content (AvgIpc) is 3.03. The molecule has 2 aromatic rings. The van der Waals surface area contributed by atoms with Gasteiger partial charge in [0.15, 0.2) is 23.1 Å². The van der Waals surface area contributed by atoms with Gasteiger partial charge in [0.2, 0.25) is 12.7 Å². The second-order valence-electron chi connectivity index (χ2n) is 6.22. The van der Waals surface area contributed by atoms with Gasteiger partial charge in [-0.05, 0) is 31.5 Å². The Kier molecular flexibility index (Phi) is 3.60. The summed E-state index contributed by atoms with van der Waals surface area (Å²) in [5, 5.41) is 6.02. The quantitative estimate of drug-likeness (QED) is 0.881. The molecule has 1 aromatic heterocycles. The van der Waals surface area contributed by atoms with Crippen molar-refractivity contribution in [2.45, 2.75) is 26.4 Å². The van der Waals surface area contributed by atoms with Gasteiger partial charge in [-0.3, -0.25) is 4.79 Å². The van der Waals surface area contributed by atoms with Crippen molar-refractivity contribution in [2.75, 3.05) is 29.4 Å². The largest absolute Gasteiger partial charge is 0.454 e. The number of hydrogen-bond acceptors (Lipinski definition) is 7. The lowest BCUT2D eigenvalue weighted by molar-refractivity contribution is -0.116. The Morgan fingerprint density at radius 3 is 2.92 bits per heavy atom. The number of benzene rings is 1. The van der Waals surface area contributed by atoms with Crippen LogP contribution in [-0.4, -0.2) is 35.8 Å². The summed E-state index contributed by atoms with van der Waals surface area (Å²) in [7, 11) is 1.93. The molecule has 130 valence electrons. The summed E-state index contributed by atoms with van der Waals surface area (Å²) in [6.07, 6.45) is 0. The summed E-state index contributed by atoms with van der Waals surface area (Å²) in [5.41, 5.74) is 1.66. The number of ether oxygens (including phenoxy) is 2. The van der Waals surface area contributed by atoms with E-state index < -0.39 is 0 Å². The Bertz CT molecular complexity index is 854. The van der Waals surface area contributed by atoms with Crippen LogP contribution < -0.4 is 25.0 Å². The summed E-state index contributed by atoms with van der Waals surface area (Å²) in [4.78, 5) is 22.9. The Hall–Kier alpha value is -3.03. The van der Waals surface area contributed by atoms with E-state index in [1.807, 2.05) is 37.1 Å². The zero-order chi connectivity index (χ0) is 17.6. The lowest BCUT2D eigenvalue weighted by atomic mass is 10.2. The number of fused-ring (bicyclic) bond motifs is 2. The smallest absolute Gasteiger partial charge is 0.246 e. The van der Waals surface area contributed by atoms with Crippen molar-refractivity contribution in [2.24, 2.45) is 0 Å². The third-order valence-electron chi connectivity index (χ3n) is 4.21. The number of anilines is 3. The highest BCUT2D eigenvalue weighted by Crippen LogP contribution is 2.35. The molecule has 3 heterocycles. The van der Waals surface area contributed by atoms with Gasteiger partial charge >= 0.3 is 0 Å². The molecule has 1 amide bonds. The summed E-state index contributed by atoms with van der Waals surface area (Å²) < 4.78 is 10.8. The number of nitrogens with zero attached hydrogens (tertiary/aromatic N) is 3. The number of carbonyl (C=O) groups is 1. The molecule has 25 heavy (non-hydrogen) atoms. The average molecular weight is 341 g/mol. The van der Waals surface area contributed by atoms with Crippen molar-refractivity contribution < 1.29 is 14.3 Å². The van der Waals surface area contributed by atoms with Crippen molar-refractivity contribution >= 4 is 23.2 Å². The molecular formula is C17H19N5O3. The Labute approximate surface area is 145 Å². The van der Waals surface area contributed by atoms with Crippen molar-refractivity contribution in [1.29, 1.82) is 0 Å². The minimum Gasteiger partial charge on any atom is -0.454 e. The molecule has 2 aliphatic rings. The summed E-state index contributed by atoms with van der Waals surface area (Å²) in [6.45, 7) is 4.49. The van der Waals surface area contributed by atoms with E-state index in [9.17, 15) is 4.79 Å². The van der Waals surface area contributed by atoms with Crippen LogP contribution in [0.4, 0.5) is 17.3 Å². The topological polar surface area (TPSA) is 88.6 Å². The van der Waals surface area contributed by atoms with Gasteiger partial charge in [-0.1, -0.05) is 6.07 Å². The van der Waals surface area contributed by atoms with E-state index in [0.29, 0.717) is 29.7 Å². The van der Waals surface area contributed by atoms with Crippen LogP contribution >= 0.6 is 0 Å². The van der Waals surface area contributed by atoms with E-state index in [1.54, 1.807) is 6.92 Å². The van der Waals surface area contributed by atoms with Gasteiger partial charge in [0.05, 0.1) is 0 Å². The maximum atomic E-state index is 12.0. The highest BCUT2D eigenvalue weighted by atomic mass is 16.7. The third-order valence-corrected chi connectivity index (χ3v) is 4.21. The van der Waals surface area contributed by atoms with Crippen LogP contribution in [0.3, 0.4) is 0 Å². The lowest BCUT2D eigenvalue weighted by Gasteiger charge is -2.28. The number of amides is 1. The van der Waals surface area contributed by atoms with Crippen LogP contribution in [-0.2, 0) is 11.3 Å². The first-order chi connectivity index (χ1) is 12.0. The Morgan fingerprint density at radius 1 is 1.28 bits per heavy atom. The number of nitrogens with one attached hydrogen (secondary N) is 2. The monoisotopic (exact) mass is 341 g/mol. The Balaban J connectivity index is 1.64. The molecular weight excluding hydrogens is 322 g/mol. The normalized spacial score (nSPS) is 17.6. The fourth-order valence-corrected chi connectivity index (χ4v) is 2.94. The molecule has 0 saturated carbocycles. The highest BCUT2D eigenvalue weighted by molar-refractivity contribution is 6.04. The lowest BCUT2D eigenvalue weighted by Crippen LogP contribution is -2.38. The zero-order valence-corrected chi connectivity index (χ0v) is 14.3. The molecule has 1 aromatic carbocycles. The summed E-state index contributed by atoms with van der Waals surface area (Å²) in [6, 6.07) is 5.52. The van der Waals surface area contributed by atoms with Gasteiger partial charge in [0.1, 0.15) is 17.6 Å². The van der Waals surface area contributed by atoms with Crippen LogP contribution in [0.25, 0.3) is 0 Å². The minimum absolute atomic E-state index is 0.0994. The standard InChI is InChI=1S/C17H19N5O3/c1-9-17(23)21-14-15(18-9)19-10(2)20-16(14)22(3)7-11-4-5-12-13(6-11)25-8-24-12/h4-6,9H,7-8H2,1-3H3,(H,21,23)(H,18,19,20). The van der Waals surface area contributed by atoms with Crippen LogP contribution in [0.15, 0.2) is 18.2 Å². The van der Waals surface area contributed by atoms with Gasteiger partial charge in [0, 0.05) is 13.6 Å². The van der Waals surface area contributed by atoms with E-state index in [-0.39, 0.29) is 18.7 Å². The van der Waals surface area contributed by atoms with Crippen molar-refractivity contribution in [3.05, 3.63) is 29.6 Å². The zero-order valence-electron chi connectivity index (χ0n) is 14.3. The summed E-state index contributed by atoms with van der Waals surface area (Å²) >= 11 is 0. The molecule has 1 unspecified atom stereocenters. The van der Waals surface area contributed by atoms with E-state index in [0.717, 1.165) is 17.1 Å². The summed E-state index contributed by atoms with van der Waals surface area (Å²) in [5.74, 6) is 3.36. The van der Waals surface area contributed by atoms with Gasteiger partial charge in [-0.25, -0.2) is 9.97 Å². The van der Waals surface area contributed by atoms with Crippen LogP contribution in [0.2, 0.25) is 0 Å². The molecule has 8 nitrogen and oxygen atoms in total. The fraction of sp³-hybridized carbons (Fsp3) is 0.353. The molecule has 0 spiro atoms. The van der Waals surface area contributed by atoms with E-state index >= 15 is 0 Å². The predicted molar refractivity (Wildman–Crippen MR) is 93.2 cm³/mol. The van der Waals surface area contributed by atoms with Gasteiger partial charge in [-0.2, -0.15) is 0 Å². The van der Waals surface area contributed by atoms with Gasteiger partial charge in [-0.15, -0.1) is 0 Å². The second-order valence-corrected chi connectivity index (χ2v) is 6.22. The molecule has 1 atom stereocenters. The molecule has 8 heteroatoms. The molecule has 2 N–H and O–H groups in total. The number of hydrogen-bond donors (Lipinski definition) is 2.